The number of piperazine rings is 1. The molecule has 1 saturated heterocycles. The van der Waals surface area contributed by atoms with Crippen LogP contribution < -0.4 is 15.5 Å². The number of nitrogens with one attached hydrogen (secondary N) is 2. The normalized spacial score (nSPS) is 17.2. The Morgan fingerprint density at radius 2 is 1.92 bits per heavy atom. The number of hydrogen-bond donors (Lipinski definition) is 2. The molecule has 146 valence electrons. The van der Waals surface area contributed by atoms with E-state index < -0.39 is 0 Å². The number of hydrogen-bond acceptors (Lipinski definition) is 5. The van der Waals surface area contributed by atoms with Gasteiger partial charge in [-0.05, 0) is 19.4 Å². The Hall–Kier alpha value is -1.89. The van der Waals surface area contributed by atoms with Gasteiger partial charge >= 0.3 is 0 Å². The van der Waals surface area contributed by atoms with Crippen LogP contribution in [0.25, 0.3) is 0 Å². The summed E-state index contributed by atoms with van der Waals surface area (Å²) in [5.74, 6) is 1.75. The van der Waals surface area contributed by atoms with E-state index in [0.717, 1.165) is 51.2 Å². The van der Waals surface area contributed by atoms with Crippen molar-refractivity contribution in [2.45, 2.75) is 45.6 Å². The van der Waals surface area contributed by atoms with Gasteiger partial charge in [0.25, 0.3) is 0 Å². The third-order valence-electron chi connectivity index (χ3n) is 4.78. The van der Waals surface area contributed by atoms with Crippen molar-refractivity contribution in [1.29, 1.82) is 0 Å². The molecule has 2 rings (SSSR count). The molecule has 2 heterocycles. The third kappa shape index (κ3) is 7.15. The fraction of sp³-hybridized carbons (Fsp3) is 0.737. The van der Waals surface area contributed by atoms with Crippen LogP contribution in [0.5, 0.6) is 0 Å². The van der Waals surface area contributed by atoms with Gasteiger partial charge in [-0.25, -0.2) is 9.97 Å². The lowest BCUT2D eigenvalue weighted by Gasteiger charge is -2.34. The fourth-order valence-corrected chi connectivity index (χ4v) is 3.16. The smallest absolute Gasteiger partial charge is 0.225 e. The highest BCUT2D eigenvalue weighted by Crippen LogP contribution is 2.09. The second kappa shape index (κ2) is 11.7. The van der Waals surface area contributed by atoms with Crippen molar-refractivity contribution in [3.05, 3.63) is 18.5 Å². The second-order valence-electron chi connectivity index (χ2n) is 6.92. The first-order valence-corrected chi connectivity index (χ1v) is 9.94. The predicted octanol–water partition coefficient (Wildman–Crippen LogP) is 1.73. The molecule has 0 amide bonds. The van der Waals surface area contributed by atoms with Gasteiger partial charge in [0.1, 0.15) is 0 Å². The summed E-state index contributed by atoms with van der Waals surface area (Å²) >= 11 is 0. The molecule has 0 aliphatic carbocycles. The molecule has 1 aliphatic rings. The van der Waals surface area contributed by atoms with Crippen molar-refractivity contribution in [2.24, 2.45) is 4.99 Å². The van der Waals surface area contributed by atoms with E-state index in [-0.39, 0.29) is 0 Å². The van der Waals surface area contributed by atoms with Crippen molar-refractivity contribution < 1.29 is 0 Å². The highest BCUT2D eigenvalue weighted by molar-refractivity contribution is 5.79. The maximum Gasteiger partial charge on any atom is 0.225 e. The monoisotopic (exact) mass is 361 g/mol. The summed E-state index contributed by atoms with van der Waals surface area (Å²) in [7, 11) is 1.84. The molecule has 2 N–H and O–H groups in total. The van der Waals surface area contributed by atoms with E-state index in [1.807, 2.05) is 13.1 Å². The second-order valence-corrected chi connectivity index (χ2v) is 6.92. The molecule has 0 spiro atoms. The zero-order valence-electron chi connectivity index (χ0n) is 16.6. The number of guanidine groups is 1. The molecule has 0 aromatic carbocycles. The summed E-state index contributed by atoms with van der Waals surface area (Å²) in [5.41, 5.74) is 0. The Bertz CT molecular complexity index is 512. The van der Waals surface area contributed by atoms with Crippen molar-refractivity contribution >= 4 is 11.9 Å². The summed E-state index contributed by atoms with van der Waals surface area (Å²) in [6, 6.07) is 2.32. The van der Waals surface area contributed by atoms with Crippen LogP contribution in [0.3, 0.4) is 0 Å². The van der Waals surface area contributed by atoms with Crippen molar-refractivity contribution in [2.75, 3.05) is 51.2 Å². The molecule has 1 unspecified atom stereocenters. The van der Waals surface area contributed by atoms with Gasteiger partial charge in [0, 0.05) is 64.8 Å². The average molecular weight is 362 g/mol. The van der Waals surface area contributed by atoms with Crippen LogP contribution >= 0.6 is 0 Å². The van der Waals surface area contributed by atoms with Crippen LogP contribution in [-0.2, 0) is 0 Å². The maximum atomic E-state index is 4.34. The molecule has 0 radical (unpaired) electrons. The van der Waals surface area contributed by atoms with Crippen LogP contribution in [0.1, 0.15) is 39.5 Å². The summed E-state index contributed by atoms with van der Waals surface area (Å²) < 4.78 is 0. The van der Waals surface area contributed by atoms with Gasteiger partial charge in [-0.15, -0.1) is 0 Å². The van der Waals surface area contributed by atoms with Gasteiger partial charge in [0.15, 0.2) is 5.96 Å². The van der Waals surface area contributed by atoms with E-state index in [9.17, 15) is 0 Å². The van der Waals surface area contributed by atoms with Gasteiger partial charge in [-0.1, -0.05) is 26.2 Å². The van der Waals surface area contributed by atoms with Crippen molar-refractivity contribution in [3.8, 4) is 0 Å². The van der Waals surface area contributed by atoms with Gasteiger partial charge in [0.05, 0.1) is 0 Å². The van der Waals surface area contributed by atoms with Gasteiger partial charge in [0.2, 0.25) is 5.95 Å². The molecule has 1 atom stereocenters. The first-order chi connectivity index (χ1) is 12.7. The van der Waals surface area contributed by atoms with Gasteiger partial charge < -0.3 is 15.5 Å². The topological polar surface area (TPSA) is 68.7 Å². The highest BCUT2D eigenvalue weighted by Gasteiger charge is 2.18. The molecular formula is C19H35N7. The van der Waals surface area contributed by atoms with E-state index in [1.165, 1.54) is 25.7 Å². The van der Waals surface area contributed by atoms with E-state index >= 15 is 0 Å². The van der Waals surface area contributed by atoms with E-state index in [2.05, 4.69) is 49.2 Å². The maximum absolute atomic E-state index is 4.34. The number of aliphatic imine (C=N–C) groups is 1. The molecule has 7 nitrogen and oxygen atoms in total. The van der Waals surface area contributed by atoms with Crippen molar-refractivity contribution in [3.63, 3.8) is 0 Å². The largest absolute Gasteiger partial charge is 0.355 e. The SMILES string of the molecule is CCCCCC(C)NC(=NC)NCCN1CCN(c2ncccn2)CC1. The Morgan fingerprint density at radius 3 is 2.58 bits per heavy atom. The lowest BCUT2D eigenvalue weighted by atomic mass is 10.1. The predicted molar refractivity (Wildman–Crippen MR) is 109 cm³/mol. The van der Waals surface area contributed by atoms with E-state index in [4.69, 9.17) is 0 Å². The molecule has 0 bridgehead atoms. The summed E-state index contributed by atoms with van der Waals surface area (Å²) in [6.45, 7) is 10.4. The molecule has 1 aliphatic heterocycles. The Morgan fingerprint density at radius 1 is 1.19 bits per heavy atom. The number of nitrogens with zero attached hydrogens (tertiary/aromatic N) is 5. The average Bonchev–Trinajstić information content (AvgIpc) is 2.68. The van der Waals surface area contributed by atoms with Crippen LogP contribution in [0, 0.1) is 0 Å². The minimum atomic E-state index is 0.460. The minimum absolute atomic E-state index is 0.460. The Labute approximate surface area is 158 Å². The quantitative estimate of drug-likeness (QED) is 0.397. The lowest BCUT2D eigenvalue weighted by molar-refractivity contribution is 0.260. The van der Waals surface area contributed by atoms with Crippen molar-refractivity contribution in [1.82, 2.24) is 25.5 Å². The molecule has 1 fully saturated rings. The minimum Gasteiger partial charge on any atom is -0.355 e. The van der Waals surface area contributed by atoms with Crippen LogP contribution in [-0.4, -0.2) is 73.2 Å². The van der Waals surface area contributed by atoms with Gasteiger partial charge in [-0.2, -0.15) is 0 Å². The van der Waals surface area contributed by atoms with Crippen LogP contribution in [0.15, 0.2) is 23.5 Å². The molecule has 1 aromatic rings. The first-order valence-electron chi connectivity index (χ1n) is 9.94. The Kier molecular flexibility index (Phi) is 9.17. The fourth-order valence-electron chi connectivity index (χ4n) is 3.16. The number of aromatic nitrogens is 2. The van der Waals surface area contributed by atoms with E-state index in [0.29, 0.717) is 6.04 Å². The molecule has 1 aromatic heterocycles. The van der Waals surface area contributed by atoms with Gasteiger partial charge in [-0.3, -0.25) is 9.89 Å². The summed E-state index contributed by atoms with van der Waals surface area (Å²) in [4.78, 5) is 17.7. The lowest BCUT2D eigenvalue weighted by Crippen LogP contribution is -2.50. The standard InChI is InChI=1S/C19H35N7/c1-4-5-6-8-17(2)24-18(20-3)21-11-12-25-13-15-26(16-14-25)19-22-9-7-10-23-19/h7,9-10,17H,4-6,8,11-16H2,1-3H3,(H2,20,21,24). The molecular weight excluding hydrogens is 326 g/mol. The zero-order valence-corrected chi connectivity index (χ0v) is 16.6. The number of unbranched alkanes of at least 4 members (excludes halogenated alkanes) is 2. The van der Waals surface area contributed by atoms with E-state index in [1.54, 1.807) is 12.4 Å². The van der Waals surface area contributed by atoms with Crippen LogP contribution in [0.4, 0.5) is 5.95 Å². The first kappa shape index (κ1) is 20.4. The Balaban J connectivity index is 1.62. The molecule has 7 heteroatoms. The van der Waals surface area contributed by atoms with Crippen LogP contribution in [0.2, 0.25) is 0 Å². The zero-order chi connectivity index (χ0) is 18.6. The number of rotatable bonds is 9. The molecule has 26 heavy (non-hydrogen) atoms. The third-order valence-corrected chi connectivity index (χ3v) is 4.78. The summed E-state index contributed by atoms with van der Waals surface area (Å²) in [6.07, 6.45) is 8.65. The number of anilines is 1. The molecule has 0 saturated carbocycles. The summed E-state index contributed by atoms with van der Waals surface area (Å²) in [5, 5.41) is 6.93. The highest BCUT2D eigenvalue weighted by atomic mass is 15.3.